The number of nitrogens with one attached hydrogen (secondary N) is 1. The third-order valence-electron chi connectivity index (χ3n) is 1.62. The molecule has 0 aliphatic carbocycles. The Balaban J connectivity index is 2.52. The Bertz CT molecular complexity index is 257. The van der Waals surface area contributed by atoms with Crippen LogP contribution in [-0.2, 0) is 6.42 Å². The van der Waals surface area contributed by atoms with E-state index in [1.165, 1.54) is 0 Å². The summed E-state index contributed by atoms with van der Waals surface area (Å²) in [4.78, 5) is 8.51. The minimum atomic E-state index is 0.964. The van der Waals surface area contributed by atoms with Crippen LogP contribution in [0.3, 0.4) is 0 Å². The number of hydrogen-bond donors (Lipinski definition) is 1. The quantitative estimate of drug-likeness (QED) is 0.570. The zero-order valence-electron chi connectivity index (χ0n) is 5.89. The Hall–Kier alpha value is -1.12. The van der Waals surface area contributed by atoms with Crippen LogP contribution in [0.4, 0.5) is 5.82 Å². The van der Waals surface area contributed by atoms with Gasteiger partial charge >= 0.3 is 0 Å². The zero-order chi connectivity index (χ0) is 6.97. The number of nitrogens with zero attached hydrogens (tertiary/aromatic N) is 2. The van der Waals surface area contributed by atoms with E-state index in [9.17, 15) is 0 Å². The molecule has 1 aromatic rings. The van der Waals surface area contributed by atoms with Gasteiger partial charge in [0.05, 0.1) is 17.6 Å². The highest BCUT2D eigenvalue weighted by Crippen LogP contribution is 2.15. The van der Waals surface area contributed by atoms with Gasteiger partial charge in [0.25, 0.3) is 0 Å². The van der Waals surface area contributed by atoms with E-state index in [1.54, 1.807) is 6.20 Å². The van der Waals surface area contributed by atoms with Crippen molar-refractivity contribution in [3.63, 3.8) is 0 Å². The van der Waals surface area contributed by atoms with Gasteiger partial charge < -0.3 is 5.32 Å². The van der Waals surface area contributed by atoms with Crippen LogP contribution in [-0.4, -0.2) is 16.5 Å². The number of rotatable bonds is 0. The lowest BCUT2D eigenvalue weighted by Crippen LogP contribution is -1.93. The summed E-state index contributed by atoms with van der Waals surface area (Å²) < 4.78 is 0. The fraction of sp³-hybridized carbons (Fsp3) is 0.429. The SMILES string of the molecule is Cc1cnc2c(n1)CCN2. The fourth-order valence-electron chi connectivity index (χ4n) is 1.15. The second kappa shape index (κ2) is 1.94. The third kappa shape index (κ3) is 0.744. The molecule has 0 bridgehead atoms. The Morgan fingerprint density at radius 1 is 1.60 bits per heavy atom. The molecule has 0 spiro atoms. The summed E-state index contributed by atoms with van der Waals surface area (Å²) >= 11 is 0. The normalized spacial score (nSPS) is 14.5. The molecule has 0 radical (unpaired) electrons. The number of hydrogen-bond acceptors (Lipinski definition) is 3. The lowest BCUT2D eigenvalue weighted by molar-refractivity contribution is 1.01. The topological polar surface area (TPSA) is 37.8 Å². The number of anilines is 1. The van der Waals surface area contributed by atoms with Crippen molar-refractivity contribution in [2.75, 3.05) is 11.9 Å². The summed E-state index contributed by atoms with van der Waals surface area (Å²) in [5.41, 5.74) is 2.11. The van der Waals surface area contributed by atoms with E-state index < -0.39 is 0 Å². The lowest BCUT2D eigenvalue weighted by atomic mass is 10.3. The van der Waals surface area contributed by atoms with E-state index in [-0.39, 0.29) is 0 Å². The summed E-state index contributed by atoms with van der Waals surface area (Å²) in [6.45, 7) is 2.95. The molecular formula is C7H9N3. The van der Waals surface area contributed by atoms with Crippen LogP contribution >= 0.6 is 0 Å². The Morgan fingerprint density at radius 2 is 2.50 bits per heavy atom. The van der Waals surface area contributed by atoms with Gasteiger partial charge in [-0.2, -0.15) is 0 Å². The molecule has 3 heteroatoms. The molecule has 2 rings (SSSR count). The van der Waals surface area contributed by atoms with Crippen LogP contribution in [0.1, 0.15) is 11.4 Å². The smallest absolute Gasteiger partial charge is 0.147 e. The third-order valence-corrected chi connectivity index (χ3v) is 1.62. The molecule has 1 aromatic heterocycles. The van der Waals surface area contributed by atoms with E-state index >= 15 is 0 Å². The number of aryl methyl sites for hydroxylation is 1. The van der Waals surface area contributed by atoms with Crippen molar-refractivity contribution in [3.8, 4) is 0 Å². The maximum Gasteiger partial charge on any atom is 0.147 e. The molecule has 0 saturated carbocycles. The highest BCUT2D eigenvalue weighted by Gasteiger charge is 2.11. The van der Waals surface area contributed by atoms with Gasteiger partial charge in [0, 0.05) is 13.0 Å². The molecule has 52 valence electrons. The van der Waals surface area contributed by atoms with Crippen molar-refractivity contribution in [3.05, 3.63) is 17.6 Å². The van der Waals surface area contributed by atoms with E-state index in [0.717, 1.165) is 30.2 Å². The lowest BCUT2D eigenvalue weighted by Gasteiger charge is -1.96. The van der Waals surface area contributed by atoms with Crippen molar-refractivity contribution < 1.29 is 0 Å². The van der Waals surface area contributed by atoms with Gasteiger partial charge in [0.15, 0.2) is 0 Å². The van der Waals surface area contributed by atoms with Crippen molar-refractivity contribution in [1.29, 1.82) is 0 Å². The molecule has 0 aromatic carbocycles. The van der Waals surface area contributed by atoms with Gasteiger partial charge in [-0.3, -0.25) is 4.98 Å². The summed E-state index contributed by atoms with van der Waals surface area (Å²) in [5.74, 6) is 0.964. The van der Waals surface area contributed by atoms with Gasteiger partial charge in [-0.15, -0.1) is 0 Å². The predicted molar refractivity (Wildman–Crippen MR) is 39.0 cm³/mol. The summed E-state index contributed by atoms with van der Waals surface area (Å²) in [6.07, 6.45) is 2.81. The molecule has 1 N–H and O–H groups in total. The van der Waals surface area contributed by atoms with Crippen molar-refractivity contribution in [2.24, 2.45) is 0 Å². The Kier molecular flexibility index (Phi) is 1.09. The molecule has 10 heavy (non-hydrogen) atoms. The van der Waals surface area contributed by atoms with Crippen LogP contribution in [0, 0.1) is 6.92 Å². The van der Waals surface area contributed by atoms with E-state index in [2.05, 4.69) is 15.3 Å². The second-order valence-corrected chi connectivity index (χ2v) is 2.48. The van der Waals surface area contributed by atoms with Gasteiger partial charge in [-0.25, -0.2) is 4.98 Å². The van der Waals surface area contributed by atoms with Crippen LogP contribution in [0.15, 0.2) is 6.20 Å². The predicted octanol–water partition coefficient (Wildman–Crippen LogP) is 0.753. The molecule has 3 nitrogen and oxygen atoms in total. The first-order chi connectivity index (χ1) is 4.86. The van der Waals surface area contributed by atoms with Crippen molar-refractivity contribution in [1.82, 2.24) is 9.97 Å². The molecule has 0 unspecified atom stereocenters. The maximum absolute atomic E-state index is 4.33. The summed E-state index contributed by atoms with van der Waals surface area (Å²) in [5, 5.41) is 3.15. The van der Waals surface area contributed by atoms with Gasteiger partial charge in [0.1, 0.15) is 5.82 Å². The number of aromatic nitrogens is 2. The first kappa shape index (κ1) is 5.65. The minimum Gasteiger partial charge on any atom is -0.368 e. The molecular weight excluding hydrogens is 126 g/mol. The first-order valence-electron chi connectivity index (χ1n) is 3.42. The summed E-state index contributed by atoms with van der Waals surface area (Å²) in [7, 11) is 0. The molecule has 1 aliphatic heterocycles. The molecule has 2 heterocycles. The van der Waals surface area contributed by atoms with E-state index in [0.29, 0.717) is 0 Å². The van der Waals surface area contributed by atoms with E-state index in [4.69, 9.17) is 0 Å². The standard InChI is InChI=1S/C7H9N3/c1-5-4-9-7-6(10-5)2-3-8-7/h4H,2-3H2,1H3,(H,8,9). The highest BCUT2D eigenvalue weighted by molar-refractivity contribution is 5.44. The Labute approximate surface area is 59.5 Å². The van der Waals surface area contributed by atoms with Crippen LogP contribution < -0.4 is 5.32 Å². The Morgan fingerprint density at radius 3 is 3.40 bits per heavy atom. The fourth-order valence-corrected chi connectivity index (χ4v) is 1.15. The number of fused-ring (bicyclic) bond motifs is 1. The van der Waals surface area contributed by atoms with Crippen LogP contribution in [0.2, 0.25) is 0 Å². The first-order valence-corrected chi connectivity index (χ1v) is 3.42. The van der Waals surface area contributed by atoms with E-state index in [1.807, 2.05) is 6.92 Å². The molecule has 0 fully saturated rings. The van der Waals surface area contributed by atoms with Crippen LogP contribution in [0.5, 0.6) is 0 Å². The average Bonchev–Trinajstić information content (AvgIpc) is 2.33. The zero-order valence-corrected chi connectivity index (χ0v) is 5.89. The highest BCUT2D eigenvalue weighted by atomic mass is 15.0. The second-order valence-electron chi connectivity index (χ2n) is 2.48. The van der Waals surface area contributed by atoms with Crippen LogP contribution in [0.25, 0.3) is 0 Å². The van der Waals surface area contributed by atoms with Gasteiger partial charge in [-0.1, -0.05) is 0 Å². The van der Waals surface area contributed by atoms with Gasteiger partial charge in [-0.05, 0) is 6.92 Å². The van der Waals surface area contributed by atoms with Crippen molar-refractivity contribution >= 4 is 5.82 Å². The minimum absolute atomic E-state index is 0.964. The molecule has 0 saturated heterocycles. The summed E-state index contributed by atoms with van der Waals surface area (Å²) in [6, 6.07) is 0. The van der Waals surface area contributed by atoms with Gasteiger partial charge in [0.2, 0.25) is 0 Å². The average molecular weight is 135 g/mol. The molecule has 0 atom stereocenters. The monoisotopic (exact) mass is 135 g/mol. The largest absolute Gasteiger partial charge is 0.368 e. The molecule has 1 aliphatic rings. The molecule has 0 amide bonds. The van der Waals surface area contributed by atoms with Crippen molar-refractivity contribution in [2.45, 2.75) is 13.3 Å². The maximum atomic E-state index is 4.33.